The van der Waals surface area contributed by atoms with Gasteiger partial charge in [-0.25, -0.2) is 4.39 Å². The van der Waals surface area contributed by atoms with E-state index in [9.17, 15) is 23.9 Å². The molecule has 2 aromatic rings. The Morgan fingerprint density at radius 1 is 1.39 bits per heavy atom. The molecule has 2 aliphatic rings. The van der Waals surface area contributed by atoms with Crippen LogP contribution in [0.25, 0.3) is 0 Å². The second-order valence-corrected chi connectivity index (χ2v) is 8.52. The Balaban J connectivity index is 0.00000306. The van der Waals surface area contributed by atoms with Crippen molar-refractivity contribution < 1.29 is 23.8 Å². The predicted octanol–water partition coefficient (Wildman–Crippen LogP) is 2.54. The van der Waals surface area contributed by atoms with Crippen LogP contribution in [-0.4, -0.2) is 53.2 Å². The highest BCUT2D eigenvalue weighted by Crippen LogP contribution is 2.54. The summed E-state index contributed by atoms with van der Waals surface area (Å²) in [5.41, 5.74) is -1.81. The first-order chi connectivity index (χ1) is 15.2. The standard InChI is InChI=1S/C22H23ClFN3O5.ClH/c1-3-26-11-22(7-13(22)10-32-2)27-9-14(18(28)19(29)17(27)21(26)31)20(30)25-8-12-5-4-6-15(23)16(12)24;/h4-6,9,13,29H,3,7-8,10-11H2,1-2H3,(H,25,30);1H/t13-,22-;/m0./s1. The number of hydrogen-bond donors (Lipinski definition) is 2. The molecule has 0 saturated heterocycles. The van der Waals surface area contributed by atoms with Crippen molar-refractivity contribution in [3.05, 3.63) is 62.3 Å². The van der Waals surface area contributed by atoms with Crippen molar-refractivity contribution in [1.29, 1.82) is 0 Å². The van der Waals surface area contributed by atoms with Crippen LogP contribution in [0.5, 0.6) is 5.75 Å². The third kappa shape index (κ3) is 4.09. The Kier molecular flexibility index (Phi) is 7.07. The number of benzene rings is 1. The van der Waals surface area contributed by atoms with E-state index in [4.69, 9.17) is 16.3 Å². The van der Waals surface area contributed by atoms with Crippen molar-refractivity contribution >= 4 is 35.8 Å². The number of aromatic nitrogens is 1. The second kappa shape index (κ2) is 9.32. The molecule has 1 aromatic carbocycles. The van der Waals surface area contributed by atoms with E-state index in [1.165, 1.54) is 18.3 Å². The van der Waals surface area contributed by atoms with Crippen molar-refractivity contribution in [2.24, 2.45) is 5.92 Å². The molecule has 1 aliphatic heterocycles. The summed E-state index contributed by atoms with van der Waals surface area (Å²) in [5.74, 6) is -2.62. The van der Waals surface area contributed by atoms with Gasteiger partial charge >= 0.3 is 0 Å². The Morgan fingerprint density at radius 3 is 2.79 bits per heavy atom. The summed E-state index contributed by atoms with van der Waals surface area (Å²) in [6, 6.07) is 4.40. The number of fused-ring (bicyclic) bond motifs is 2. The molecule has 178 valence electrons. The van der Waals surface area contributed by atoms with Crippen LogP contribution in [0.4, 0.5) is 4.39 Å². The van der Waals surface area contributed by atoms with Crippen molar-refractivity contribution in [2.75, 3.05) is 26.8 Å². The lowest BCUT2D eigenvalue weighted by Crippen LogP contribution is -2.49. The highest BCUT2D eigenvalue weighted by Gasteiger charge is 2.60. The number of ether oxygens (including phenoxy) is 1. The third-order valence-electron chi connectivity index (χ3n) is 6.28. The molecule has 0 unspecified atom stereocenters. The average Bonchev–Trinajstić information content (AvgIpc) is 3.46. The molecule has 2 amide bonds. The predicted molar refractivity (Wildman–Crippen MR) is 122 cm³/mol. The van der Waals surface area contributed by atoms with Gasteiger partial charge < -0.3 is 24.6 Å². The van der Waals surface area contributed by atoms with Gasteiger partial charge in [0.05, 0.1) is 17.2 Å². The van der Waals surface area contributed by atoms with Gasteiger partial charge in [-0.05, 0) is 19.4 Å². The van der Waals surface area contributed by atoms with Crippen LogP contribution in [0, 0.1) is 11.7 Å². The molecule has 33 heavy (non-hydrogen) atoms. The minimum absolute atomic E-state index is 0. The van der Waals surface area contributed by atoms with E-state index in [0.29, 0.717) is 26.1 Å². The molecular weight excluding hydrogens is 476 g/mol. The number of aromatic hydroxyl groups is 1. The molecule has 1 aliphatic carbocycles. The van der Waals surface area contributed by atoms with E-state index in [1.54, 1.807) is 22.6 Å². The molecule has 1 spiro atoms. The van der Waals surface area contributed by atoms with Gasteiger partial charge in [-0.1, -0.05) is 23.7 Å². The molecule has 11 heteroatoms. The minimum atomic E-state index is -0.953. The van der Waals surface area contributed by atoms with E-state index in [2.05, 4.69) is 5.32 Å². The summed E-state index contributed by atoms with van der Waals surface area (Å²) in [7, 11) is 1.58. The van der Waals surface area contributed by atoms with Gasteiger partial charge in [0.25, 0.3) is 11.8 Å². The number of pyridine rings is 1. The topological polar surface area (TPSA) is 101 Å². The van der Waals surface area contributed by atoms with E-state index in [0.717, 1.165) is 0 Å². The lowest BCUT2D eigenvalue weighted by Gasteiger charge is -2.37. The maximum atomic E-state index is 14.1. The molecule has 0 bridgehead atoms. The zero-order valence-electron chi connectivity index (χ0n) is 18.1. The van der Waals surface area contributed by atoms with Crippen LogP contribution >= 0.6 is 24.0 Å². The van der Waals surface area contributed by atoms with Gasteiger partial charge in [0, 0.05) is 44.4 Å². The second-order valence-electron chi connectivity index (χ2n) is 8.11. The Hall–Kier alpha value is -2.62. The maximum Gasteiger partial charge on any atom is 0.274 e. The molecule has 0 radical (unpaired) electrons. The first kappa shape index (κ1) is 25.0. The molecule has 8 nitrogen and oxygen atoms in total. The quantitative estimate of drug-likeness (QED) is 0.635. The monoisotopic (exact) mass is 499 g/mol. The maximum absolute atomic E-state index is 14.1. The van der Waals surface area contributed by atoms with Crippen molar-refractivity contribution in [3.8, 4) is 5.75 Å². The fourth-order valence-electron chi connectivity index (χ4n) is 4.43. The summed E-state index contributed by atoms with van der Waals surface area (Å²) in [6.45, 7) is 2.86. The summed E-state index contributed by atoms with van der Waals surface area (Å²) in [5, 5.41) is 13.0. The molecule has 1 aromatic heterocycles. The smallest absolute Gasteiger partial charge is 0.274 e. The minimum Gasteiger partial charge on any atom is -0.503 e. The summed E-state index contributed by atoms with van der Waals surface area (Å²) in [4.78, 5) is 40.0. The number of likely N-dealkylation sites (N-methyl/N-ethyl adjacent to an activating group) is 1. The molecule has 4 rings (SSSR count). The molecule has 2 heterocycles. The van der Waals surface area contributed by atoms with Gasteiger partial charge in [0.2, 0.25) is 5.43 Å². The van der Waals surface area contributed by atoms with Gasteiger partial charge in [0.15, 0.2) is 11.4 Å². The normalized spacial score (nSPS) is 20.9. The number of halogens is 3. The fourth-order valence-corrected chi connectivity index (χ4v) is 4.62. The highest BCUT2D eigenvalue weighted by atomic mass is 35.5. The Bertz CT molecular complexity index is 1170. The summed E-state index contributed by atoms with van der Waals surface area (Å²) >= 11 is 5.77. The first-order valence-corrected chi connectivity index (χ1v) is 10.6. The number of carbonyl (C=O) groups is 2. The lowest BCUT2D eigenvalue weighted by atomic mass is 10.0. The number of carbonyl (C=O) groups excluding carboxylic acids is 2. The molecule has 1 saturated carbocycles. The number of methoxy groups -OCH3 is 1. The van der Waals surface area contributed by atoms with Crippen LogP contribution < -0.4 is 10.7 Å². The van der Waals surface area contributed by atoms with Crippen molar-refractivity contribution in [3.63, 3.8) is 0 Å². The number of hydrogen-bond acceptors (Lipinski definition) is 5. The third-order valence-corrected chi connectivity index (χ3v) is 6.57. The zero-order valence-corrected chi connectivity index (χ0v) is 19.6. The molecule has 2 atom stereocenters. The van der Waals surface area contributed by atoms with Gasteiger partial charge in [-0.3, -0.25) is 14.4 Å². The van der Waals surface area contributed by atoms with Gasteiger partial charge in [-0.2, -0.15) is 0 Å². The number of rotatable bonds is 6. The highest BCUT2D eigenvalue weighted by molar-refractivity contribution is 6.30. The number of amides is 2. The van der Waals surface area contributed by atoms with Crippen LogP contribution in [-0.2, 0) is 16.8 Å². The van der Waals surface area contributed by atoms with Gasteiger partial charge in [-0.15, -0.1) is 12.4 Å². The van der Waals surface area contributed by atoms with E-state index in [1.807, 2.05) is 6.92 Å². The molecular formula is C22H24Cl2FN3O5. The first-order valence-electron chi connectivity index (χ1n) is 10.2. The van der Waals surface area contributed by atoms with Gasteiger partial charge in [0.1, 0.15) is 11.4 Å². The average molecular weight is 500 g/mol. The van der Waals surface area contributed by atoms with E-state index >= 15 is 0 Å². The SMILES string of the molecule is CCN1C[C@]2(C[C@H]2COC)n2cc(C(=O)NCc3cccc(Cl)c3F)c(=O)c(O)c2C1=O.Cl. The summed E-state index contributed by atoms with van der Waals surface area (Å²) in [6.07, 6.45) is 2.00. The summed E-state index contributed by atoms with van der Waals surface area (Å²) < 4.78 is 20.9. The van der Waals surface area contributed by atoms with E-state index in [-0.39, 0.29) is 46.7 Å². The molecule has 2 N–H and O–H groups in total. The number of nitrogens with one attached hydrogen (secondary N) is 1. The zero-order chi connectivity index (χ0) is 23.2. The Morgan fingerprint density at radius 2 is 2.12 bits per heavy atom. The molecule has 1 fully saturated rings. The van der Waals surface area contributed by atoms with Crippen LogP contribution in [0.1, 0.15) is 39.8 Å². The van der Waals surface area contributed by atoms with Crippen molar-refractivity contribution in [2.45, 2.75) is 25.4 Å². The van der Waals surface area contributed by atoms with Crippen molar-refractivity contribution in [1.82, 2.24) is 14.8 Å². The van der Waals surface area contributed by atoms with Crippen LogP contribution in [0.15, 0.2) is 29.2 Å². The Labute approximate surface area is 200 Å². The lowest BCUT2D eigenvalue weighted by molar-refractivity contribution is 0.0622. The van der Waals surface area contributed by atoms with Crippen LogP contribution in [0.2, 0.25) is 5.02 Å². The largest absolute Gasteiger partial charge is 0.503 e. The van der Waals surface area contributed by atoms with Crippen LogP contribution in [0.3, 0.4) is 0 Å². The number of nitrogens with zero attached hydrogens (tertiary/aromatic N) is 2. The fraction of sp³-hybridized carbons (Fsp3) is 0.409. The van der Waals surface area contributed by atoms with E-state index < -0.39 is 34.3 Å².